The molecule has 1 aromatic carbocycles. The average molecular weight is 413 g/mol. The molecule has 26 heavy (non-hydrogen) atoms. The summed E-state index contributed by atoms with van der Waals surface area (Å²) in [5.41, 5.74) is 2.90. The number of aryl methyl sites for hydroxylation is 1. The van der Waals surface area contributed by atoms with Gasteiger partial charge in [-0.3, -0.25) is 4.68 Å². The van der Waals surface area contributed by atoms with E-state index in [1.54, 1.807) is 13.4 Å². The van der Waals surface area contributed by atoms with Gasteiger partial charge in [-0.05, 0) is 40.9 Å². The predicted octanol–water partition coefficient (Wildman–Crippen LogP) is 4.24. The Morgan fingerprint density at radius 2 is 2.12 bits per heavy atom. The third-order valence-electron chi connectivity index (χ3n) is 4.80. The van der Waals surface area contributed by atoms with Crippen molar-refractivity contribution in [2.75, 3.05) is 12.4 Å². The van der Waals surface area contributed by atoms with Gasteiger partial charge in [-0.15, -0.1) is 0 Å². The molecule has 2 N–H and O–H groups in total. The van der Waals surface area contributed by atoms with Crippen molar-refractivity contribution in [2.45, 2.75) is 18.8 Å². The van der Waals surface area contributed by atoms with Crippen molar-refractivity contribution in [3.63, 3.8) is 0 Å². The number of methoxy groups -OCH3 is 1. The maximum absolute atomic E-state index is 5.45. The van der Waals surface area contributed by atoms with Crippen LogP contribution in [0.3, 0.4) is 0 Å². The standard InChI is InChI=1S/C18H17BrN6O/c1-25-15(7-12(24-25)9-3-4-9)23-18-16-10-5-14(26-2)11(19)6-13(10)22-17(16)20-8-21-18/h5-9H,3-4H2,1-2H3,(H2,20,21,22,23). The van der Waals surface area contributed by atoms with Gasteiger partial charge in [-0.25, -0.2) is 9.97 Å². The number of nitrogens with zero attached hydrogens (tertiary/aromatic N) is 4. The lowest BCUT2D eigenvalue weighted by Crippen LogP contribution is -2.01. The summed E-state index contributed by atoms with van der Waals surface area (Å²) in [6, 6.07) is 6.10. The SMILES string of the molecule is COc1cc2c(cc1Br)[nH]c1ncnc(Nc3cc(C4CC4)nn3C)c12. The quantitative estimate of drug-likeness (QED) is 0.523. The van der Waals surface area contributed by atoms with Gasteiger partial charge in [0.15, 0.2) is 0 Å². The molecule has 4 aromatic rings. The highest BCUT2D eigenvalue weighted by Crippen LogP contribution is 2.41. The largest absolute Gasteiger partial charge is 0.496 e. The molecule has 1 saturated carbocycles. The van der Waals surface area contributed by atoms with Crippen LogP contribution in [0.5, 0.6) is 5.75 Å². The number of ether oxygens (including phenoxy) is 1. The number of hydrogen-bond donors (Lipinski definition) is 2. The molecule has 0 atom stereocenters. The second kappa shape index (κ2) is 5.70. The van der Waals surface area contributed by atoms with Gasteiger partial charge >= 0.3 is 0 Å². The first-order valence-corrected chi connectivity index (χ1v) is 9.24. The second-order valence-corrected chi connectivity index (χ2v) is 7.43. The number of H-pyrrole nitrogens is 1. The number of aromatic nitrogens is 5. The van der Waals surface area contributed by atoms with E-state index in [1.807, 2.05) is 23.9 Å². The molecular formula is C18H17BrN6O. The van der Waals surface area contributed by atoms with Gasteiger partial charge in [-0.1, -0.05) is 0 Å². The third-order valence-corrected chi connectivity index (χ3v) is 5.42. The van der Waals surface area contributed by atoms with Crippen molar-refractivity contribution < 1.29 is 4.74 Å². The highest BCUT2D eigenvalue weighted by Gasteiger charge is 2.27. The Hall–Kier alpha value is -2.61. The summed E-state index contributed by atoms with van der Waals surface area (Å²) in [6.07, 6.45) is 4.02. The van der Waals surface area contributed by atoms with E-state index in [0.717, 1.165) is 49.5 Å². The van der Waals surface area contributed by atoms with Crippen LogP contribution in [0.15, 0.2) is 29.0 Å². The van der Waals surface area contributed by atoms with Crippen molar-refractivity contribution in [3.8, 4) is 5.75 Å². The van der Waals surface area contributed by atoms with Crippen LogP contribution < -0.4 is 10.1 Å². The minimum absolute atomic E-state index is 0.608. The summed E-state index contributed by atoms with van der Waals surface area (Å²) in [6.45, 7) is 0. The molecule has 1 aliphatic rings. The van der Waals surface area contributed by atoms with Crippen LogP contribution in [0.1, 0.15) is 24.5 Å². The smallest absolute Gasteiger partial charge is 0.145 e. The van der Waals surface area contributed by atoms with Gasteiger partial charge in [0, 0.05) is 29.9 Å². The van der Waals surface area contributed by atoms with Crippen molar-refractivity contribution in [1.82, 2.24) is 24.7 Å². The zero-order valence-corrected chi connectivity index (χ0v) is 16.0. The second-order valence-electron chi connectivity index (χ2n) is 6.58. The van der Waals surface area contributed by atoms with Crippen molar-refractivity contribution >= 4 is 49.5 Å². The third kappa shape index (κ3) is 2.44. The number of hydrogen-bond acceptors (Lipinski definition) is 5. The summed E-state index contributed by atoms with van der Waals surface area (Å²) in [5, 5.41) is 9.98. The van der Waals surface area contributed by atoms with E-state index in [1.165, 1.54) is 12.8 Å². The van der Waals surface area contributed by atoms with Gasteiger partial charge in [0.05, 0.1) is 22.7 Å². The molecule has 1 fully saturated rings. The number of aromatic amines is 1. The highest BCUT2D eigenvalue weighted by molar-refractivity contribution is 9.10. The summed E-state index contributed by atoms with van der Waals surface area (Å²) >= 11 is 3.53. The lowest BCUT2D eigenvalue weighted by Gasteiger charge is -2.07. The van der Waals surface area contributed by atoms with Gasteiger partial charge in [0.2, 0.25) is 0 Å². The van der Waals surface area contributed by atoms with E-state index < -0.39 is 0 Å². The number of anilines is 2. The summed E-state index contributed by atoms with van der Waals surface area (Å²) in [5.74, 6) is 3.04. The molecule has 132 valence electrons. The van der Waals surface area contributed by atoms with E-state index in [2.05, 4.69) is 47.4 Å². The number of halogens is 1. The van der Waals surface area contributed by atoms with Crippen LogP contribution in [0.4, 0.5) is 11.6 Å². The van der Waals surface area contributed by atoms with Crippen LogP contribution in [-0.4, -0.2) is 31.8 Å². The molecule has 8 heteroatoms. The first-order valence-electron chi connectivity index (χ1n) is 8.45. The Kier molecular flexibility index (Phi) is 3.43. The monoisotopic (exact) mass is 412 g/mol. The zero-order chi connectivity index (χ0) is 17.8. The summed E-state index contributed by atoms with van der Waals surface area (Å²) < 4.78 is 8.21. The fourth-order valence-corrected chi connectivity index (χ4v) is 3.79. The Balaban J connectivity index is 1.66. The van der Waals surface area contributed by atoms with Gasteiger partial charge < -0.3 is 15.0 Å². The van der Waals surface area contributed by atoms with Gasteiger partial charge in [0.1, 0.15) is 29.4 Å². The van der Waals surface area contributed by atoms with Crippen LogP contribution in [0.2, 0.25) is 0 Å². The molecule has 5 rings (SSSR count). The molecule has 3 aromatic heterocycles. The van der Waals surface area contributed by atoms with Crippen LogP contribution in [-0.2, 0) is 7.05 Å². The fraction of sp³-hybridized carbons (Fsp3) is 0.278. The fourth-order valence-electron chi connectivity index (χ4n) is 3.28. The summed E-state index contributed by atoms with van der Waals surface area (Å²) in [4.78, 5) is 12.2. The minimum Gasteiger partial charge on any atom is -0.496 e. The predicted molar refractivity (Wildman–Crippen MR) is 104 cm³/mol. The van der Waals surface area contributed by atoms with Crippen LogP contribution in [0.25, 0.3) is 21.9 Å². The highest BCUT2D eigenvalue weighted by atomic mass is 79.9. The lowest BCUT2D eigenvalue weighted by atomic mass is 10.2. The Morgan fingerprint density at radius 3 is 2.88 bits per heavy atom. The lowest BCUT2D eigenvalue weighted by molar-refractivity contribution is 0.413. The van der Waals surface area contributed by atoms with Gasteiger partial charge in [0.25, 0.3) is 0 Å². The van der Waals surface area contributed by atoms with E-state index >= 15 is 0 Å². The first kappa shape index (κ1) is 15.6. The normalized spacial score (nSPS) is 14.3. The summed E-state index contributed by atoms with van der Waals surface area (Å²) in [7, 11) is 3.60. The van der Waals surface area contributed by atoms with E-state index in [9.17, 15) is 0 Å². The van der Waals surface area contributed by atoms with Crippen molar-refractivity contribution in [1.29, 1.82) is 0 Å². The van der Waals surface area contributed by atoms with Crippen molar-refractivity contribution in [2.24, 2.45) is 7.05 Å². The molecule has 0 saturated heterocycles. The average Bonchev–Trinajstić information content (AvgIpc) is 3.32. The van der Waals surface area contributed by atoms with E-state index in [4.69, 9.17) is 4.74 Å². The molecular weight excluding hydrogens is 396 g/mol. The molecule has 0 unspecified atom stereocenters. The van der Waals surface area contributed by atoms with E-state index in [-0.39, 0.29) is 0 Å². The number of benzene rings is 1. The Bertz CT molecular complexity index is 1140. The maximum atomic E-state index is 5.45. The Labute approximate surface area is 157 Å². The van der Waals surface area contributed by atoms with Gasteiger partial charge in [-0.2, -0.15) is 5.10 Å². The molecule has 3 heterocycles. The zero-order valence-electron chi connectivity index (χ0n) is 14.4. The Morgan fingerprint density at radius 1 is 1.27 bits per heavy atom. The number of rotatable bonds is 4. The molecule has 0 radical (unpaired) electrons. The number of fused-ring (bicyclic) bond motifs is 3. The molecule has 0 spiro atoms. The molecule has 0 amide bonds. The molecule has 7 nitrogen and oxygen atoms in total. The first-order chi connectivity index (χ1) is 12.6. The molecule has 0 bridgehead atoms. The van der Waals surface area contributed by atoms with Crippen molar-refractivity contribution in [3.05, 3.63) is 34.7 Å². The maximum Gasteiger partial charge on any atom is 0.145 e. The van der Waals surface area contributed by atoms with Crippen LogP contribution >= 0.6 is 15.9 Å². The number of nitrogens with one attached hydrogen (secondary N) is 2. The van der Waals surface area contributed by atoms with E-state index in [0.29, 0.717) is 5.92 Å². The molecule has 1 aliphatic carbocycles. The van der Waals surface area contributed by atoms with Crippen LogP contribution in [0, 0.1) is 0 Å². The molecule has 0 aliphatic heterocycles. The minimum atomic E-state index is 0.608. The topological polar surface area (TPSA) is 80.7 Å².